The maximum Gasteiger partial charge on any atom is 0.407 e. The summed E-state index contributed by atoms with van der Waals surface area (Å²) in [6, 6.07) is 6.41. The number of benzene rings is 1. The number of hydrazine groups is 1. The Labute approximate surface area is 312 Å². The number of allylic oxidation sites excluding steroid dienone is 4. The van der Waals surface area contributed by atoms with E-state index in [1.54, 1.807) is 11.2 Å². The predicted molar refractivity (Wildman–Crippen MR) is 199 cm³/mol. The monoisotopic (exact) mass is 733 g/mol. The van der Waals surface area contributed by atoms with Gasteiger partial charge in [-0.1, -0.05) is 81.8 Å². The van der Waals surface area contributed by atoms with Gasteiger partial charge in [0, 0.05) is 36.6 Å². The highest BCUT2D eigenvalue weighted by atomic mass is 16.7. The third-order valence-corrected chi connectivity index (χ3v) is 11.0. The van der Waals surface area contributed by atoms with Gasteiger partial charge < -0.3 is 34.7 Å². The number of hydrogen-bond acceptors (Lipinski definition) is 10. The first kappa shape index (κ1) is 38.7. The third-order valence-electron chi connectivity index (χ3n) is 11.0. The number of alkyl carbamates (subject to hydrolysis) is 2. The zero-order valence-electron chi connectivity index (χ0n) is 31.5. The van der Waals surface area contributed by atoms with E-state index in [0.717, 1.165) is 42.4 Å². The van der Waals surface area contributed by atoms with Gasteiger partial charge in [-0.2, -0.15) is 0 Å². The molecule has 2 aliphatic carbocycles. The third kappa shape index (κ3) is 9.56. The van der Waals surface area contributed by atoms with Gasteiger partial charge in [-0.25, -0.2) is 14.6 Å². The molecule has 1 aromatic rings. The number of aliphatic imine (C=N–C) groups is 1. The molecule has 7 unspecified atom stereocenters. The molecule has 5 aliphatic rings. The lowest BCUT2D eigenvalue weighted by Gasteiger charge is -2.37. The van der Waals surface area contributed by atoms with E-state index in [0.29, 0.717) is 25.5 Å². The number of carbonyl (C=O) groups excluding carboxylic acids is 3. The highest BCUT2D eigenvalue weighted by Crippen LogP contribution is 2.46. The molecular formula is C40H55N5O8. The van der Waals surface area contributed by atoms with Gasteiger partial charge in [-0.15, -0.1) is 0 Å². The van der Waals surface area contributed by atoms with Crippen LogP contribution in [-0.2, 0) is 35.7 Å². The van der Waals surface area contributed by atoms with Crippen molar-refractivity contribution < 1.29 is 38.4 Å². The summed E-state index contributed by atoms with van der Waals surface area (Å²) >= 11 is 0. The SMILES string of the molecule is COC(=O)N[C@H](C(=O)NN(Cc1ccc(C2(C)C=CC=NC2)cc1)CC(O)[C@H](CC1=CC=CCC1)NC(=O)OC1C2COC3OC1CC3C2)C(C)(C)C. The highest BCUT2D eigenvalue weighted by Gasteiger charge is 2.53. The Balaban J connectivity index is 1.21. The van der Waals surface area contributed by atoms with E-state index in [4.69, 9.17) is 18.9 Å². The smallest absolute Gasteiger partial charge is 0.407 e. The fraction of sp³-hybridized carbons (Fsp3) is 0.600. The van der Waals surface area contributed by atoms with E-state index in [1.807, 2.05) is 51.1 Å². The Bertz CT molecular complexity index is 1590. The van der Waals surface area contributed by atoms with Crippen molar-refractivity contribution in [3.63, 3.8) is 0 Å². The van der Waals surface area contributed by atoms with Crippen LogP contribution in [0.25, 0.3) is 0 Å². The van der Waals surface area contributed by atoms with E-state index >= 15 is 0 Å². The second kappa shape index (κ2) is 16.5. The molecule has 3 fully saturated rings. The number of aliphatic hydroxyl groups excluding tert-OH is 1. The second-order valence-corrected chi connectivity index (χ2v) is 16.3. The minimum absolute atomic E-state index is 0.0409. The van der Waals surface area contributed by atoms with Crippen molar-refractivity contribution in [2.45, 2.75) is 108 Å². The lowest BCUT2D eigenvalue weighted by atomic mass is 9.78. The first-order chi connectivity index (χ1) is 25.3. The van der Waals surface area contributed by atoms with E-state index < -0.39 is 47.8 Å². The molecule has 1 saturated carbocycles. The molecule has 288 valence electrons. The summed E-state index contributed by atoms with van der Waals surface area (Å²) in [5.41, 5.74) is 5.13. The zero-order valence-corrected chi connectivity index (χ0v) is 31.5. The van der Waals surface area contributed by atoms with Crippen LogP contribution in [0.4, 0.5) is 9.59 Å². The van der Waals surface area contributed by atoms with E-state index in [2.05, 4.69) is 52.3 Å². The maximum atomic E-state index is 13.9. The van der Waals surface area contributed by atoms with Crippen LogP contribution >= 0.6 is 0 Å². The number of dihydropyridines is 1. The summed E-state index contributed by atoms with van der Waals surface area (Å²) in [6.07, 6.45) is 12.4. The Hall–Kier alpha value is -4.04. The van der Waals surface area contributed by atoms with Crippen LogP contribution in [0.3, 0.4) is 0 Å². The molecule has 3 amide bonds. The number of methoxy groups -OCH3 is 1. The van der Waals surface area contributed by atoms with Crippen LogP contribution in [0.1, 0.15) is 70.9 Å². The molecule has 0 spiro atoms. The first-order valence-corrected chi connectivity index (χ1v) is 18.7. The molecule has 3 heterocycles. The number of amides is 3. The van der Waals surface area contributed by atoms with Gasteiger partial charge in [0.05, 0.1) is 38.5 Å². The number of nitrogens with one attached hydrogen (secondary N) is 3. The molecule has 53 heavy (non-hydrogen) atoms. The van der Waals surface area contributed by atoms with Crippen LogP contribution < -0.4 is 16.1 Å². The van der Waals surface area contributed by atoms with E-state index in [1.165, 1.54) is 7.11 Å². The van der Waals surface area contributed by atoms with Crippen molar-refractivity contribution in [3.8, 4) is 0 Å². The van der Waals surface area contributed by atoms with Crippen LogP contribution in [0.2, 0.25) is 0 Å². The molecule has 1 aromatic carbocycles. The number of nitrogens with zero attached hydrogens (tertiary/aromatic N) is 2. The minimum Gasteiger partial charge on any atom is -0.453 e. The Morgan fingerprint density at radius 1 is 1.09 bits per heavy atom. The van der Waals surface area contributed by atoms with Crippen molar-refractivity contribution in [2.75, 3.05) is 26.8 Å². The summed E-state index contributed by atoms with van der Waals surface area (Å²) in [4.78, 5) is 44.2. The zero-order chi connectivity index (χ0) is 37.8. The van der Waals surface area contributed by atoms with E-state index in [9.17, 15) is 19.5 Å². The summed E-state index contributed by atoms with van der Waals surface area (Å²) in [5.74, 6) is -0.0755. The van der Waals surface area contributed by atoms with Gasteiger partial charge in [0.1, 0.15) is 12.1 Å². The number of carbonyl (C=O) groups is 3. The topological polar surface area (TPSA) is 160 Å². The molecule has 13 nitrogen and oxygen atoms in total. The van der Waals surface area contributed by atoms with Crippen molar-refractivity contribution in [3.05, 3.63) is 71.3 Å². The summed E-state index contributed by atoms with van der Waals surface area (Å²) in [7, 11) is 1.24. The quantitative estimate of drug-likeness (QED) is 0.215. The Morgan fingerprint density at radius 3 is 2.57 bits per heavy atom. The highest BCUT2D eigenvalue weighted by molar-refractivity contribution is 5.86. The standard InChI is InChI=1S/C40H55N5O8/c1-39(2,3)34(43-37(48)50-5)35(47)44-45(21-26-12-14-29(15-13-26)40(4)16-9-17-41-24-40)22-31(46)30(18-25-10-7-6-8-11-25)42-38(49)53-33-28-19-27-20-32(33)52-36(27)51-23-28/h6-7,9-10,12-17,27-28,30-34,36,46H,8,11,18-24H2,1-5H3,(H,42,49)(H,43,48)(H,44,47)/t27?,28?,30-,31?,32?,33?,34+,36?,40?/m0/s1. The molecule has 2 saturated heterocycles. The molecule has 3 aliphatic heterocycles. The van der Waals surface area contributed by atoms with Gasteiger partial charge in [0.2, 0.25) is 0 Å². The fourth-order valence-corrected chi connectivity index (χ4v) is 8.01. The molecule has 0 aromatic heterocycles. The average Bonchev–Trinajstić information content (AvgIpc) is 3.43. The summed E-state index contributed by atoms with van der Waals surface area (Å²) in [5, 5.41) is 19.2. The van der Waals surface area contributed by atoms with Crippen molar-refractivity contribution >= 4 is 24.3 Å². The van der Waals surface area contributed by atoms with Crippen LogP contribution in [0.15, 0.2) is 65.2 Å². The Morgan fingerprint density at radius 2 is 1.89 bits per heavy atom. The molecule has 6 rings (SSSR count). The van der Waals surface area contributed by atoms with Gasteiger partial charge in [-0.05, 0) is 54.7 Å². The average molecular weight is 734 g/mol. The lowest BCUT2D eigenvalue weighted by molar-refractivity contribution is -0.153. The summed E-state index contributed by atoms with van der Waals surface area (Å²) < 4.78 is 22.7. The van der Waals surface area contributed by atoms with E-state index in [-0.39, 0.29) is 36.8 Å². The largest absolute Gasteiger partial charge is 0.453 e. The van der Waals surface area contributed by atoms with Crippen LogP contribution in [-0.4, -0.2) is 97.9 Å². The number of aliphatic hydroxyl groups is 1. The number of rotatable bonds is 13. The number of hydrogen-bond donors (Lipinski definition) is 4. The molecule has 13 heteroatoms. The second-order valence-electron chi connectivity index (χ2n) is 16.3. The molecular weight excluding hydrogens is 678 g/mol. The van der Waals surface area contributed by atoms with Gasteiger partial charge in [0.25, 0.3) is 5.91 Å². The molecule has 0 radical (unpaired) electrons. The lowest BCUT2D eigenvalue weighted by Crippen LogP contribution is -2.59. The fourth-order valence-electron chi connectivity index (χ4n) is 8.01. The van der Waals surface area contributed by atoms with Crippen LogP contribution in [0, 0.1) is 17.3 Å². The first-order valence-electron chi connectivity index (χ1n) is 18.7. The van der Waals surface area contributed by atoms with Crippen molar-refractivity contribution in [1.82, 2.24) is 21.1 Å². The Kier molecular flexibility index (Phi) is 12.1. The minimum atomic E-state index is -1.13. The number of ether oxygens (including phenoxy) is 4. The normalized spacial score (nSPS) is 28.9. The van der Waals surface area contributed by atoms with Crippen LogP contribution in [0.5, 0.6) is 0 Å². The number of fused-ring (bicyclic) bond motifs is 2. The molecule has 4 N–H and O–H groups in total. The molecule has 9 atom stereocenters. The maximum absolute atomic E-state index is 13.9. The van der Waals surface area contributed by atoms with Gasteiger partial charge >= 0.3 is 12.2 Å². The van der Waals surface area contributed by atoms with Gasteiger partial charge in [-0.3, -0.25) is 15.2 Å². The summed E-state index contributed by atoms with van der Waals surface area (Å²) in [6.45, 7) is 8.99. The van der Waals surface area contributed by atoms with Crippen molar-refractivity contribution in [1.29, 1.82) is 0 Å². The molecule has 3 bridgehead atoms. The van der Waals surface area contributed by atoms with Crippen molar-refractivity contribution in [2.24, 2.45) is 22.2 Å². The van der Waals surface area contributed by atoms with Gasteiger partial charge in [0.15, 0.2) is 6.29 Å². The predicted octanol–water partition coefficient (Wildman–Crippen LogP) is 4.46.